The van der Waals surface area contributed by atoms with Gasteiger partial charge in [0.25, 0.3) is 0 Å². The second kappa shape index (κ2) is 3.65. The molecule has 0 radical (unpaired) electrons. The average molecular weight is 178 g/mol. The summed E-state index contributed by atoms with van der Waals surface area (Å²) in [6, 6.07) is 0. The summed E-state index contributed by atoms with van der Waals surface area (Å²) in [5, 5.41) is 0. The maximum atomic E-state index is 10.7. The van der Waals surface area contributed by atoms with Crippen LogP contribution >= 0.6 is 0 Å². The van der Waals surface area contributed by atoms with Crippen LogP contribution in [-0.4, -0.2) is 6.29 Å². The van der Waals surface area contributed by atoms with Crippen LogP contribution in [0.4, 0.5) is 0 Å². The molecule has 0 amide bonds. The molecule has 1 nitrogen and oxygen atoms in total. The Morgan fingerprint density at radius 1 is 1.31 bits per heavy atom. The van der Waals surface area contributed by atoms with Gasteiger partial charge in [-0.05, 0) is 43.9 Å². The monoisotopic (exact) mass is 178 g/mol. The molecule has 13 heavy (non-hydrogen) atoms. The van der Waals surface area contributed by atoms with Gasteiger partial charge in [0.1, 0.15) is 6.29 Å². The molecule has 1 saturated carbocycles. The highest BCUT2D eigenvalue weighted by molar-refractivity contribution is 5.52. The number of carbonyl (C=O) groups is 1. The number of rotatable bonds is 2. The van der Waals surface area contributed by atoms with Gasteiger partial charge in [-0.3, -0.25) is 0 Å². The van der Waals surface area contributed by atoms with Crippen LogP contribution in [0.3, 0.4) is 0 Å². The van der Waals surface area contributed by atoms with E-state index in [2.05, 4.69) is 6.08 Å². The van der Waals surface area contributed by atoms with E-state index in [0.717, 1.165) is 12.7 Å². The molecule has 0 aromatic heterocycles. The largest absolute Gasteiger partial charge is 0.303 e. The van der Waals surface area contributed by atoms with Gasteiger partial charge in [0.2, 0.25) is 0 Å². The van der Waals surface area contributed by atoms with Crippen molar-refractivity contribution in [1.82, 2.24) is 0 Å². The molecule has 0 aliphatic heterocycles. The summed E-state index contributed by atoms with van der Waals surface area (Å²) in [6.07, 6.45) is 13.3. The molecule has 1 atom stereocenters. The third kappa shape index (κ3) is 1.56. The zero-order valence-corrected chi connectivity index (χ0v) is 8.22. The van der Waals surface area contributed by atoms with Crippen molar-refractivity contribution in [3.05, 3.63) is 11.6 Å². The topological polar surface area (TPSA) is 17.1 Å². The fourth-order valence-electron chi connectivity index (χ4n) is 3.02. The molecular weight excluding hydrogens is 160 g/mol. The van der Waals surface area contributed by atoms with Crippen LogP contribution in [0.25, 0.3) is 0 Å². The van der Waals surface area contributed by atoms with Crippen molar-refractivity contribution < 1.29 is 4.79 Å². The fraction of sp³-hybridized carbons (Fsp3) is 0.750. The lowest BCUT2D eigenvalue weighted by Crippen LogP contribution is -2.29. The lowest BCUT2D eigenvalue weighted by molar-refractivity contribution is -0.109. The number of allylic oxidation sites excluding steroid dienone is 2. The molecule has 1 unspecified atom stereocenters. The summed E-state index contributed by atoms with van der Waals surface area (Å²) in [5.74, 6) is 0. The second-order valence-corrected chi connectivity index (χ2v) is 4.48. The van der Waals surface area contributed by atoms with Crippen molar-refractivity contribution in [2.24, 2.45) is 5.41 Å². The highest BCUT2D eigenvalue weighted by atomic mass is 16.1. The van der Waals surface area contributed by atoms with Gasteiger partial charge in [0, 0.05) is 6.42 Å². The molecule has 72 valence electrons. The number of aldehydes is 1. The van der Waals surface area contributed by atoms with E-state index in [-0.39, 0.29) is 0 Å². The number of carbonyl (C=O) groups excluding carboxylic acids is 1. The minimum Gasteiger partial charge on any atom is -0.303 e. The normalized spacial score (nSPS) is 33.4. The molecule has 2 rings (SSSR count). The summed E-state index contributed by atoms with van der Waals surface area (Å²) >= 11 is 0. The van der Waals surface area contributed by atoms with Gasteiger partial charge < -0.3 is 4.79 Å². The Labute approximate surface area is 80.2 Å². The predicted octanol–water partition coefficient (Wildman–Crippen LogP) is 3.25. The van der Waals surface area contributed by atoms with Crippen molar-refractivity contribution in [3.63, 3.8) is 0 Å². The molecule has 2 aliphatic carbocycles. The molecular formula is C12H18O. The highest BCUT2D eigenvalue weighted by Crippen LogP contribution is 2.49. The Balaban J connectivity index is 2.22. The van der Waals surface area contributed by atoms with Gasteiger partial charge in [-0.25, -0.2) is 0 Å². The fourth-order valence-corrected chi connectivity index (χ4v) is 3.02. The summed E-state index contributed by atoms with van der Waals surface area (Å²) in [4.78, 5) is 10.7. The molecule has 0 spiro atoms. The summed E-state index contributed by atoms with van der Waals surface area (Å²) in [5.41, 5.74) is 1.93. The molecule has 0 bridgehead atoms. The third-order valence-electron chi connectivity index (χ3n) is 3.76. The first-order valence-corrected chi connectivity index (χ1v) is 5.51. The van der Waals surface area contributed by atoms with Gasteiger partial charge in [-0.15, -0.1) is 0 Å². The molecule has 2 aliphatic rings. The van der Waals surface area contributed by atoms with Gasteiger partial charge in [-0.1, -0.05) is 18.1 Å². The van der Waals surface area contributed by atoms with Crippen LogP contribution in [0.2, 0.25) is 0 Å². The maximum Gasteiger partial charge on any atom is 0.120 e. The van der Waals surface area contributed by atoms with Gasteiger partial charge in [0.05, 0.1) is 0 Å². The quantitative estimate of drug-likeness (QED) is 0.468. The van der Waals surface area contributed by atoms with Crippen molar-refractivity contribution in [2.75, 3.05) is 0 Å². The zero-order valence-electron chi connectivity index (χ0n) is 8.22. The third-order valence-corrected chi connectivity index (χ3v) is 3.76. The van der Waals surface area contributed by atoms with Crippen molar-refractivity contribution >= 4 is 6.29 Å². The van der Waals surface area contributed by atoms with Crippen LogP contribution < -0.4 is 0 Å². The molecule has 0 saturated heterocycles. The van der Waals surface area contributed by atoms with Crippen LogP contribution in [-0.2, 0) is 4.79 Å². The van der Waals surface area contributed by atoms with E-state index >= 15 is 0 Å². The standard InChI is InChI=1S/C12H18O/c13-10-9-12-7-3-1-5-11(12)6-2-4-8-12/h5,10H,1-4,6-9H2. The average Bonchev–Trinajstić information content (AvgIpc) is 2.18. The summed E-state index contributed by atoms with van der Waals surface area (Å²) in [7, 11) is 0. The lowest BCUT2D eigenvalue weighted by atomic mass is 9.63. The predicted molar refractivity (Wildman–Crippen MR) is 53.5 cm³/mol. The molecule has 1 heteroatoms. The number of hydrogen-bond acceptors (Lipinski definition) is 1. The Hall–Kier alpha value is -0.590. The van der Waals surface area contributed by atoms with Gasteiger partial charge >= 0.3 is 0 Å². The molecule has 0 heterocycles. The van der Waals surface area contributed by atoms with Crippen molar-refractivity contribution in [1.29, 1.82) is 0 Å². The van der Waals surface area contributed by atoms with E-state index in [1.54, 1.807) is 5.57 Å². The van der Waals surface area contributed by atoms with Crippen LogP contribution in [0.15, 0.2) is 11.6 Å². The van der Waals surface area contributed by atoms with E-state index in [9.17, 15) is 4.79 Å². The van der Waals surface area contributed by atoms with Crippen LogP contribution in [0.1, 0.15) is 51.4 Å². The first-order valence-electron chi connectivity index (χ1n) is 5.51. The zero-order chi connectivity index (χ0) is 9.15. The summed E-state index contributed by atoms with van der Waals surface area (Å²) in [6.45, 7) is 0. The Morgan fingerprint density at radius 2 is 2.15 bits per heavy atom. The molecule has 1 fully saturated rings. The first kappa shape index (κ1) is 8.98. The first-order chi connectivity index (χ1) is 6.37. The van der Waals surface area contributed by atoms with Crippen LogP contribution in [0, 0.1) is 5.41 Å². The number of hydrogen-bond donors (Lipinski definition) is 0. The maximum absolute atomic E-state index is 10.7. The lowest BCUT2D eigenvalue weighted by Gasteiger charge is -2.41. The molecule has 0 aromatic rings. The second-order valence-electron chi connectivity index (χ2n) is 4.48. The van der Waals surface area contributed by atoms with E-state index < -0.39 is 0 Å². The van der Waals surface area contributed by atoms with E-state index in [1.165, 1.54) is 44.9 Å². The smallest absolute Gasteiger partial charge is 0.120 e. The Morgan fingerprint density at radius 3 is 3.00 bits per heavy atom. The van der Waals surface area contributed by atoms with Crippen molar-refractivity contribution in [3.8, 4) is 0 Å². The van der Waals surface area contributed by atoms with E-state index in [1.807, 2.05) is 0 Å². The van der Waals surface area contributed by atoms with Crippen LogP contribution in [0.5, 0.6) is 0 Å². The minimum absolute atomic E-state index is 0.318. The minimum atomic E-state index is 0.318. The Kier molecular flexibility index (Phi) is 2.52. The SMILES string of the molecule is O=CCC12CCCC=C1CCCC2. The van der Waals surface area contributed by atoms with E-state index in [0.29, 0.717) is 5.41 Å². The number of fused-ring (bicyclic) bond motifs is 1. The Bertz CT molecular complexity index is 229. The van der Waals surface area contributed by atoms with E-state index in [4.69, 9.17) is 0 Å². The highest BCUT2D eigenvalue weighted by Gasteiger charge is 2.36. The molecule has 0 aromatic carbocycles. The molecule has 0 N–H and O–H groups in total. The summed E-state index contributed by atoms with van der Waals surface area (Å²) < 4.78 is 0. The van der Waals surface area contributed by atoms with Crippen molar-refractivity contribution in [2.45, 2.75) is 51.4 Å². The van der Waals surface area contributed by atoms with Gasteiger partial charge in [0.15, 0.2) is 0 Å². The van der Waals surface area contributed by atoms with Gasteiger partial charge in [-0.2, -0.15) is 0 Å².